The molecule has 21 heteroatoms. The molecule has 0 aliphatic carbocycles. The van der Waals surface area contributed by atoms with Gasteiger partial charge in [0.25, 0.3) is 0 Å². The van der Waals surface area contributed by atoms with Gasteiger partial charge in [-0.25, -0.2) is 9.59 Å². The molecular weight excluding hydrogens is 603 g/mol. The monoisotopic (exact) mass is 618 g/mol. The first kappa shape index (κ1) is 36.5. The summed E-state index contributed by atoms with van der Waals surface area (Å²) < 4.78 is 231. The molecule has 0 bridgehead atoms. The summed E-state index contributed by atoms with van der Waals surface area (Å²) in [5.74, 6) is -62.8. The van der Waals surface area contributed by atoms with E-state index in [1.807, 2.05) is 0 Å². The quantitative estimate of drug-likeness (QED) is 0.146. The molecular formula is C18H15F17O4. The van der Waals surface area contributed by atoms with Crippen molar-refractivity contribution in [3.63, 3.8) is 0 Å². The van der Waals surface area contributed by atoms with Crippen LogP contribution in [0.3, 0.4) is 0 Å². The molecule has 39 heavy (non-hydrogen) atoms. The van der Waals surface area contributed by atoms with Gasteiger partial charge in [-0.15, -0.1) is 0 Å². The van der Waals surface area contributed by atoms with Crippen LogP contribution >= 0.6 is 0 Å². The van der Waals surface area contributed by atoms with Crippen LogP contribution in [0.4, 0.5) is 74.6 Å². The fourth-order valence-electron chi connectivity index (χ4n) is 2.47. The maximum absolute atomic E-state index is 14.2. The first-order valence-electron chi connectivity index (χ1n) is 9.61. The van der Waals surface area contributed by atoms with E-state index < -0.39 is 83.6 Å². The summed E-state index contributed by atoms with van der Waals surface area (Å²) in [6.45, 7) is 2.13. The van der Waals surface area contributed by atoms with Crippen molar-refractivity contribution in [1.82, 2.24) is 0 Å². The van der Waals surface area contributed by atoms with Gasteiger partial charge in [-0.05, 0) is 12.8 Å². The Morgan fingerprint density at radius 2 is 1.00 bits per heavy atom. The molecule has 1 atom stereocenters. The van der Waals surface area contributed by atoms with Gasteiger partial charge >= 0.3 is 59.6 Å². The Balaban J connectivity index is 6.65. The first-order valence-corrected chi connectivity index (χ1v) is 9.61. The SMILES string of the molecule is CC(=CC(=O)O)C(=O)OC(CC(F)(F)C(F)(F)C(F)(F)C(F)(F)C(F)(F)C(F)(F)C(F)(F)C(F)(F)F)C(C)C. The smallest absolute Gasteiger partial charge is 0.460 e. The van der Waals surface area contributed by atoms with Gasteiger partial charge < -0.3 is 9.84 Å². The highest BCUT2D eigenvalue weighted by Crippen LogP contribution is 2.64. The number of hydrogen-bond acceptors (Lipinski definition) is 3. The first-order chi connectivity index (χ1) is 16.8. The number of ether oxygens (including phenoxy) is 1. The number of esters is 1. The lowest BCUT2D eigenvalue weighted by Gasteiger charge is -2.43. The van der Waals surface area contributed by atoms with Crippen LogP contribution in [0.1, 0.15) is 27.2 Å². The fraction of sp³-hybridized carbons (Fsp3) is 0.778. The van der Waals surface area contributed by atoms with E-state index in [2.05, 4.69) is 4.74 Å². The van der Waals surface area contributed by atoms with Crippen LogP contribution in [-0.2, 0) is 14.3 Å². The molecule has 0 heterocycles. The Morgan fingerprint density at radius 1 is 0.667 bits per heavy atom. The zero-order valence-electron chi connectivity index (χ0n) is 19.0. The molecule has 0 spiro atoms. The van der Waals surface area contributed by atoms with Crippen molar-refractivity contribution in [1.29, 1.82) is 0 Å². The van der Waals surface area contributed by atoms with Gasteiger partial charge in [0.2, 0.25) is 0 Å². The maximum atomic E-state index is 14.2. The van der Waals surface area contributed by atoms with Gasteiger partial charge in [0.15, 0.2) is 0 Å². The third-order valence-corrected chi connectivity index (χ3v) is 4.91. The topological polar surface area (TPSA) is 63.6 Å². The molecule has 0 aliphatic rings. The molecule has 0 saturated carbocycles. The van der Waals surface area contributed by atoms with E-state index in [0.29, 0.717) is 6.92 Å². The van der Waals surface area contributed by atoms with Crippen molar-refractivity contribution in [3.8, 4) is 0 Å². The molecule has 1 N–H and O–H groups in total. The zero-order valence-corrected chi connectivity index (χ0v) is 19.0. The van der Waals surface area contributed by atoms with Crippen molar-refractivity contribution >= 4 is 11.9 Å². The summed E-state index contributed by atoms with van der Waals surface area (Å²) in [6, 6.07) is 0. The highest BCUT2D eigenvalue weighted by Gasteiger charge is 2.95. The molecule has 0 rings (SSSR count). The summed E-state index contributed by atoms with van der Waals surface area (Å²) in [6.07, 6.45) is -13.5. The lowest BCUT2D eigenvalue weighted by molar-refractivity contribution is -0.462. The molecule has 0 aromatic heterocycles. The number of carboxylic acid groups (broad SMARTS) is 1. The number of aliphatic carboxylic acids is 1. The van der Waals surface area contributed by atoms with E-state index in [9.17, 15) is 84.2 Å². The predicted molar refractivity (Wildman–Crippen MR) is 91.4 cm³/mol. The molecule has 0 saturated heterocycles. The average molecular weight is 618 g/mol. The Bertz CT molecular complexity index is 950. The lowest BCUT2D eigenvalue weighted by Crippen LogP contribution is -2.74. The minimum Gasteiger partial charge on any atom is -0.478 e. The number of rotatable bonds is 12. The Kier molecular flexibility index (Phi) is 9.80. The van der Waals surface area contributed by atoms with E-state index in [0.717, 1.165) is 13.8 Å². The summed E-state index contributed by atoms with van der Waals surface area (Å²) in [7, 11) is 0. The second kappa shape index (κ2) is 10.5. The standard InChI is InChI=1S/C18H15F17O4/c1-6(2)8(39-10(38)7(3)4-9(36)37)5-11(19,20)12(21,22)13(23,24)14(25,26)15(27,28)16(29,30)17(31,32)18(33,34)35/h4,6,8H,5H2,1-3H3,(H,36,37). The van der Waals surface area contributed by atoms with Crippen LogP contribution in [-0.4, -0.2) is 70.8 Å². The molecule has 0 radical (unpaired) electrons. The molecule has 0 aliphatic heterocycles. The molecule has 1 unspecified atom stereocenters. The highest BCUT2D eigenvalue weighted by molar-refractivity contribution is 5.95. The maximum Gasteiger partial charge on any atom is 0.460 e. The number of carbonyl (C=O) groups excluding carboxylic acids is 1. The van der Waals surface area contributed by atoms with Crippen molar-refractivity contribution < 1.29 is 94.1 Å². The van der Waals surface area contributed by atoms with Gasteiger partial charge in [-0.3, -0.25) is 0 Å². The number of carbonyl (C=O) groups is 2. The lowest BCUT2D eigenvalue weighted by atomic mass is 9.86. The summed E-state index contributed by atoms with van der Waals surface area (Å²) >= 11 is 0. The molecule has 0 fully saturated rings. The van der Waals surface area contributed by atoms with E-state index in [1.165, 1.54) is 0 Å². The van der Waals surface area contributed by atoms with Gasteiger partial charge in [-0.1, -0.05) is 13.8 Å². The van der Waals surface area contributed by atoms with Crippen LogP contribution < -0.4 is 0 Å². The molecule has 0 aromatic rings. The van der Waals surface area contributed by atoms with Crippen LogP contribution in [0.25, 0.3) is 0 Å². The summed E-state index contributed by atoms with van der Waals surface area (Å²) in [5, 5.41) is 8.47. The zero-order chi connectivity index (χ0) is 32.0. The number of halogens is 17. The van der Waals surface area contributed by atoms with Crippen LogP contribution in [0.5, 0.6) is 0 Å². The van der Waals surface area contributed by atoms with Gasteiger partial charge in [0.05, 0.1) is 6.42 Å². The van der Waals surface area contributed by atoms with Crippen LogP contribution in [0.15, 0.2) is 11.6 Å². The molecule has 230 valence electrons. The van der Waals surface area contributed by atoms with E-state index in [4.69, 9.17) is 5.11 Å². The second-order valence-electron chi connectivity index (χ2n) is 8.21. The normalized spacial score (nSPS) is 16.4. The Hall–Kier alpha value is -2.51. The third kappa shape index (κ3) is 5.99. The van der Waals surface area contributed by atoms with Crippen molar-refractivity contribution in [3.05, 3.63) is 11.6 Å². The number of carboxylic acids is 1. The van der Waals surface area contributed by atoms with Crippen LogP contribution in [0.2, 0.25) is 0 Å². The number of alkyl halides is 17. The van der Waals surface area contributed by atoms with E-state index in [1.54, 1.807) is 0 Å². The Labute approximate surface area is 205 Å². The molecule has 4 nitrogen and oxygen atoms in total. The number of hydrogen-bond donors (Lipinski definition) is 1. The summed E-state index contributed by atoms with van der Waals surface area (Å²) in [4.78, 5) is 22.2. The molecule has 0 aromatic carbocycles. The van der Waals surface area contributed by atoms with Crippen LogP contribution in [0, 0.1) is 5.92 Å². The minimum absolute atomic E-state index is 0.0696. The third-order valence-electron chi connectivity index (χ3n) is 4.91. The van der Waals surface area contributed by atoms with Crippen molar-refractivity contribution in [2.75, 3.05) is 0 Å². The van der Waals surface area contributed by atoms with Gasteiger partial charge in [-0.2, -0.15) is 74.6 Å². The van der Waals surface area contributed by atoms with E-state index >= 15 is 0 Å². The Morgan fingerprint density at radius 3 is 1.31 bits per heavy atom. The highest BCUT2D eigenvalue weighted by atomic mass is 19.4. The average Bonchev–Trinajstić information content (AvgIpc) is 2.70. The molecule has 0 amide bonds. The van der Waals surface area contributed by atoms with E-state index in [-0.39, 0.29) is 6.08 Å². The van der Waals surface area contributed by atoms with Crippen molar-refractivity contribution in [2.45, 2.75) is 80.9 Å². The van der Waals surface area contributed by atoms with Gasteiger partial charge in [0, 0.05) is 11.6 Å². The predicted octanol–water partition coefficient (Wildman–Crippen LogP) is 6.98. The largest absolute Gasteiger partial charge is 0.478 e. The van der Waals surface area contributed by atoms with Gasteiger partial charge in [0.1, 0.15) is 6.10 Å². The minimum atomic E-state index is -8.75. The summed E-state index contributed by atoms with van der Waals surface area (Å²) in [5.41, 5.74) is -0.937. The second-order valence-corrected chi connectivity index (χ2v) is 8.21. The fourth-order valence-corrected chi connectivity index (χ4v) is 2.47. The van der Waals surface area contributed by atoms with Crippen molar-refractivity contribution in [2.24, 2.45) is 5.92 Å².